The van der Waals surface area contributed by atoms with Gasteiger partial charge in [0.25, 0.3) is 5.91 Å². The molecule has 1 fully saturated rings. The molecule has 0 radical (unpaired) electrons. The lowest BCUT2D eigenvalue weighted by molar-refractivity contribution is -0.139. The molecule has 1 heterocycles. The molecule has 1 amide bonds. The number of carboxylic acid groups (broad SMARTS) is 1. The molecule has 166 valence electrons. The Morgan fingerprint density at radius 2 is 1.58 bits per heavy atom. The summed E-state index contributed by atoms with van der Waals surface area (Å²) in [5, 5.41) is 10.4. The molecule has 4 rings (SSSR count). The van der Waals surface area contributed by atoms with Crippen LogP contribution in [-0.4, -0.2) is 28.8 Å². The number of amides is 1. The summed E-state index contributed by atoms with van der Waals surface area (Å²) in [5.74, 6) is -0.845. The van der Waals surface area contributed by atoms with Crippen molar-refractivity contribution in [2.75, 3.05) is 11.5 Å². The summed E-state index contributed by atoms with van der Waals surface area (Å²) >= 11 is 13.2. The van der Waals surface area contributed by atoms with Gasteiger partial charge in [0.05, 0.1) is 16.3 Å². The van der Waals surface area contributed by atoms with Crippen LogP contribution in [0.4, 0.5) is 11.4 Å². The van der Waals surface area contributed by atoms with E-state index in [0.717, 1.165) is 5.56 Å². The second-order valence-electron chi connectivity index (χ2n) is 6.85. The van der Waals surface area contributed by atoms with E-state index in [2.05, 4.69) is 4.99 Å². The first-order valence-corrected chi connectivity index (χ1v) is 11.2. The molecule has 33 heavy (non-hydrogen) atoms. The van der Waals surface area contributed by atoms with E-state index >= 15 is 0 Å². The van der Waals surface area contributed by atoms with Crippen LogP contribution in [0.2, 0.25) is 10.0 Å². The lowest BCUT2D eigenvalue weighted by Gasteiger charge is -2.15. The zero-order valence-corrected chi connectivity index (χ0v) is 19.3. The minimum absolute atomic E-state index is 0.221. The van der Waals surface area contributed by atoms with Gasteiger partial charge >= 0.3 is 5.97 Å². The topological polar surface area (TPSA) is 79.2 Å². The van der Waals surface area contributed by atoms with Crippen LogP contribution >= 0.6 is 35.0 Å². The predicted octanol–water partition coefficient (Wildman–Crippen LogP) is 6.27. The van der Waals surface area contributed by atoms with Gasteiger partial charge in [-0.05, 0) is 84.1 Å². The summed E-state index contributed by atoms with van der Waals surface area (Å²) in [6.07, 6.45) is 1.75. The zero-order chi connectivity index (χ0) is 23.4. The van der Waals surface area contributed by atoms with Crippen LogP contribution in [0.15, 0.2) is 82.7 Å². The first-order chi connectivity index (χ1) is 15.9. The predicted molar refractivity (Wildman–Crippen MR) is 133 cm³/mol. The van der Waals surface area contributed by atoms with E-state index in [4.69, 9.17) is 33.0 Å². The standard InChI is InChI=1S/C24H16Cl2N2O4S/c25-16-3-7-18(8-4-16)27-24-28(19-9-5-17(26)6-10-19)23(31)21(33-24)13-15-1-11-20(12-2-15)32-14-22(29)30/h1-13H,14H2,(H,29,30)/b21-13+,27-24?. The highest BCUT2D eigenvalue weighted by Gasteiger charge is 2.34. The van der Waals surface area contributed by atoms with E-state index < -0.39 is 12.6 Å². The summed E-state index contributed by atoms with van der Waals surface area (Å²) in [5.41, 5.74) is 2.07. The first-order valence-electron chi connectivity index (χ1n) is 9.67. The Morgan fingerprint density at radius 3 is 2.18 bits per heavy atom. The van der Waals surface area contributed by atoms with Crippen molar-refractivity contribution in [2.24, 2.45) is 4.99 Å². The number of rotatable bonds is 6. The number of anilines is 1. The van der Waals surface area contributed by atoms with Crippen LogP contribution in [0.3, 0.4) is 0 Å². The van der Waals surface area contributed by atoms with Crippen LogP contribution < -0.4 is 9.64 Å². The van der Waals surface area contributed by atoms with Gasteiger partial charge in [-0.1, -0.05) is 35.3 Å². The molecular formula is C24H16Cl2N2O4S. The van der Waals surface area contributed by atoms with Crippen molar-refractivity contribution >= 4 is 69.5 Å². The molecule has 1 saturated heterocycles. The Hall–Kier alpha value is -3.26. The van der Waals surface area contributed by atoms with Crippen LogP contribution in [0.1, 0.15) is 5.56 Å². The Morgan fingerprint density at radius 1 is 0.970 bits per heavy atom. The third kappa shape index (κ3) is 5.76. The molecule has 1 aliphatic heterocycles. The zero-order valence-electron chi connectivity index (χ0n) is 16.9. The van der Waals surface area contributed by atoms with Crippen molar-refractivity contribution < 1.29 is 19.4 Å². The summed E-state index contributed by atoms with van der Waals surface area (Å²) in [4.78, 5) is 30.6. The lowest BCUT2D eigenvalue weighted by atomic mass is 10.2. The van der Waals surface area contributed by atoms with Gasteiger partial charge in [0.15, 0.2) is 11.8 Å². The summed E-state index contributed by atoms with van der Waals surface area (Å²) in [6, 6.07) is 20.8. The van der Waals surface area contributed by atoms with Crippen molar-refractivity contribution in [3.8, 4) is 5.75 Å². The average Bonchev–Trinajstić information content (AvgIpc) is 3.10. The second kappa shape index (κ2) is 10.1. The van der Waals surface area contributed by atoms with Gasteiger partial charge in [-0.2, -0.15) is 0 Å². The van der Waals surface area contributed by atoms with E-state index in [0.29, 0.717) is 37.2 Å². The molecule has 0 bridgehead atoms. The fourth-order valence-corrected chi connectivity index (χ4v) is 4.20. The Labute approximate surface area is 204 Å². The molecule has 0 saturated carbocycles. The molecule has 1 aliphatic rings. The first kappa shape index (κ1) is 22.9. The summed E-state index contributed by atoms with van der Waals surface area (Å²) < 4.78 is 5.15. The van der Waals surface area contributed by atoms with E-state index in [1.807, 2.05) is 0 Å². The molecule has 3 aromatic rings. The number of ether oxygens (including phenoxy) is 1. The molecule has 3 aromatic carbocycles. The van der Waals surface area contributed by atoms with Crippen LogP contribution in [0, 0.1) is 0 Å². The maximum atomic E-state index is 13.3. The van der Waals surface area contributed by atoms with E-state index in [-0.39, 0.29) is 5.91 Å². The van der Waals surface area contributed by atoms with Crippen LogP contribution in [0.25, 0.3) is 6.08 Å². The molecule has 0 aliphatic carbocycles. The summed E-state index contributed by atoms with van der Waals surface area (Å²) in [7, 11) is 0. The highest BCUT2D eigenvalue weighted by molar-refractivity contribution is 8.19. The molecule has 0 atom stereocenters. The SMILES string of the molecule is O=C(O)COc1ccc(/C=C2/SC(=Nc3ccc(Cl)cc3)N(c3ccc(Cl)cc3)C2=O)cc1. The average molecular weight is 499 g/mol. The molecule has 6 nitrogen and oxygen atoms in total. The molecule has 0 spiro atoms. The highest BCUT2D eigenvalue weighted by atomic mass is 35.5. The summed E-state index contributed by atoms with van der Waals surface area (Å²) in [6.45, 7) is -0.421. The van der Waals surface area contributed by atoms with Crippen molar-refractivity contribution in [1.82, 2.24) is 0 Å². The van der Waals surface area contributed by atoms with Crippen molar-refractivity contribution in [3.05, 3.63) is 93.3 Å². The number of thioether (sulfide) groups is 1. The smallest absolute Gasteiger partial charge is 0.341 e. The molecule has 9 heteroatoms. The maximum absolute atomic E-state index is 13.3. The van der Waals surface area contributed by atoms with Crippen LogP contribution in [0.5, 0.6) is 5.75 Å². The number of aliphatic imine (C=N–C) groups is 1. The van der Waals surface area contributed by atoms with Crippen LogP contribution in [-0.2, 0) is 9.59 Å². The fraction of sp³-hybridized carbons (Fsp3) is 0.0417. The Balaban J connectivity index is 1.65. The number of aliphatic carboxylic acids is 1. The monoisotopic (exact) mass is 498 g/mol. The minimum atomic E-state index is -1.05. The Kier molecular flexibility index (Phi) is 7.03. The number of carbonyl (C=O) groups is 2. The van der Waals surface area contributed by atoms with Gasteiger partial charge in [-0.15, -0.1) is 0 Å². The Bertz CT molecular complexity index is 1240. The van der Waals surface area contributed by atoms with Crippen molar-refractivity contribution in [3.63, 3.8) is 0 Å². The number of carboxylic acids is 1. The number of hydrogen-bond donors (Lipinski definition) is 1. The van der Waals surface area contributed by atoms with Gasteiger partial charge in [0, 0.05) is 10.0 Å². The molecular weight excluding hydrogens is 483 g/mol. The van der Waals surface area contributed by atoms with Gasteiger partial charge in [0.1, 0.15) is 5.75 Å². The highest BCUT2D eigenvalue weighted by Crippen LogP contribution is 2.38. The van der Waals surface area contributed by atoms with Crippen molar-refractivity contribution in [2.45, 2.75) is 0 Å². The quantitative estimate of drug-likeness (QED) is 0.405. The van der Waals surface area contributed by atoms with Gasteiger partial charge in [-0.3, -0.25) is 9.69 Å². The normalized spacial score (nSPS) is 15.9. The number of carbonyl (C=O) groups excluding carboxylic acids is 1. The van der Waals surface area contributed by atoms with Gasteiger partial charge < -0.3 is 9.84 Å². The molecule has 1 N–H and O–H groups in total. The van der Waals surface area contributed by atoms with E-state index in [9.17, 15) is 9.59 Å². The van der Waals surface area contributed by atoms with E-state index in [1.165, 1.54) is 16.7 Å². The van der Waals surface area contributed by atoms with Gasteiger partial charge in [-0.25, -0.2) is 9.79 Å². The lowest BCUT2D eigenvalue weighted by Crippen LogP contribution is -2.28. The fourth-order valence-electron chi connectivity index (χ4n) is 2.95. The number of amidine groups is 1. The third-order valence-electron chi connectivity index (χ3n) is 4.48. The van der Waals surface area contributed by atoms with Gasteiger partial charge in [0.2, 0.25) is 0 Å². The largest absolute Gasteiger partial charge is 0.482 e. The van der Waals surface area contributed by atoms with Crippen molar-refractivity contribution in [1.29, 1.82) is 0 Å². The molecule has 0 unspecified atom stereocenters. The maximum Gasteiger partial charge on any atom is 0.341 e. The van der Waals surface area contributed by atoms with E-state index in [1.54, 1.807) is 78.9 Å². The minimum Gasteiger partial charge on any atom is -0.482 e. The number of hydrogen-bond acceptors (Lipinski definition) is 5. The molecule has 0 aromatic heterocycles. The second-order valence-corrected chi connectivity index (χ2v) is 8.73. The third-order valence-corrected chi connectivity index (χ3v) is 5.96. The number of benzene rings is 3. The number of halogens is 2. The number of nitrogens with zero attached hydrogens (tertiary/aromatic N) is 2.